The third kappa shape index (κ3) is 4.29. The number of alkyl halides is 2. The number of piperazine rings is 1. The van der Waals surface area contributed by atoms with E-state index in [0.29, 0.717) is 34.7 Å². The van der Waals surface area contributed by atoms with Crippen molar-refractivity contribution in [1.29, 1.82) is 0 Å². The number of rotatable bonds is 5. The molecule has 3 unspecified atom stereocenters. The molecule has 2 fully saturated rings. The van der Waals surface area contributed by atoms with Gasteiger partial charge in [-0.15, -0.1) is 0 Å². The zero-order chi connectivity index (χ0) is 22.2. The van der Waals surface area contributed by atoms with Crippen molar-refractivity contribution in [2.24, 2.45) is 5.10 Å². The van der Waals surface area contributed by atoms with Crippen molar-refractivity contribution in [3.8, 4) is 0 Å². The summed E-state index contributed by atoms with van der Waals surface area (Å²) in [5.41, 5.74) is 1.60. The first-order chi connectivity index (χ1) is 15.5. The third-order valence-electron chi connectivity index (χ3n) is 6.11. The quantitative estimate of drug-likeness (QED) is 0.639. The Balaban J connectivity index is 1.29. The number of benzene rings is 1. The first-order valence-corrected chi connectivity index (χ1v) is 10.9. The minimum absolute atomic E-state index is 0.0470. The van der Waals surface area contributed by atoms with Crippen LogP contribution >= 0.6 is 11.6 Å². The van der Waals surface area contributed by atoms with Crippen molar-refractivity contribution in [3.63, 3.8) is 0 Å². The first-order valence-electron chi connectivity index (χ1n) is 10.5. The molecule has 0 amide bonds. The lowest BCUT2D eigenvalue weighted by atomic mass is 10.1. The van der Waals surface area contributed by atoms with Crippen molar-refractivity contribution in [2.75, 3.05) is 56.2 Å². The molecule has 0 radical (unpaired) electrons. The van der Waals surface area contributed by atoms with Gasteiger partial charge in [0.15, 0.2) is 0 Å². The van der Waals surface area contributed by atoms with Crippen LogP contribution in [0, 0.1) is 0 Å². The van der Waals surface area contributed by atoms with Gasteiger partial charge in [0.05, 0.1) is 54.2 Å². The number of aliphatic hydroxyl groups is 1. The molecule has 32 heavy (non-hydrogen) atoms. The highest BCUT2D eigenvalue weighted by molar-refractivity contribution is 6.34. The summed E-state index contributed by atoms with van der Waals surface area (Å²) in [6.45, 7) is 1.52. The van der Waals surface area contributed by atoms with Crippen LogP contribution in [0.2, 0.25) is 5.02 Å². The summed E-state index contributed by atoms with van der Waals surface area (Å²) in [6, 6.07) is 3.43. The van der Waals surface area contributed by atoms with Crippen LogP contribution in [-0.2, 0) is 4.74 Å². The highest BCUT2D eigenvalue weighted by Crippen LogP contribution is 2.32. The van der Waals surface area contributed by atoms with Gasteiger partial charge >= 0.3 is 6.55 Å². The molecule has 1 aromatic carbocycles. The van der Waals surface area contributed by atoms with Gasteiger partial charge in [-0.25, -0.2) is 15.0 Å². The Bertz CT molecular complexity index is 1010. The standard InChI is InChI=1S/C20H24ClF2N7O2/c21-14-5-12-7-24-20(26-13-8-25-30(9-13)19(22)23)27-15(12)6-16(14)28-1-3-29(4-2-28)17-10-32-11-18(17)31/h5-8,13,17-19,31H,1-4,9-11H2,(H,24,26,27). The van der Waals surface area contributed by atoms with Gasteiger partial charge in [-0.2, -0.15) is 13.9 Å². The van der Waals surface area contributed by atoms with Crippen LogP contribution in [0.4, 0.5) is 20.4 Å². The van der Waals surface area contributed by atoms with Gasteiger partial charge in [-0.05, 0) is 12.1 Å². The molecule has 12 heteroatoms. The summed E-state index contributed by atoms with van der Waals surface area (Å²) >= 11 is 6.57. The van der Waals surface area contributed by atoms with Crippen LogP contribution in [-0.4, -0.2) is 102 Å². The molecule has 0 bridgehead atoms. The second kappa shape index (κ2) is 8.89. The van der Waals surface area contributed by atoms with E-state index in [4.69, 9.17) is 16.3 Å². The predicted molar refractivity (Wildman–Crippen MR) is 118 cm³/mol. The Morgan fingerprint density at radius 2 is 2.00 bits per heavy atom. The lowest BCUT2D eigenvalue weighted by Gasteiger charge is -2.39. The van der Waals surface area contributed by atoms with Crippen molar-refractivity contribution < 1.29 is 18.6 Å². The van der Waals surface area contributed by atoms with E-state index in [1.807, 2.05) is 12.1 Å². The number of ether oxygens (including phenoxy) is 1. The molecular formula is C20H24ClF2N7O2. The largest absolute Gasteiger partial charge is 0.389 e. The molecule has 2 saturated heterocycles. The van der Waals surface area contributed by atoms with E-state index < -0.39 is 18.7 Å². The van der Waals surface area contributed by atoms with E-state index in [1.54, 1.807) is 6.20 Å². The highest BCUT2D eigenvalue weighted by atomic mass is 35.5. The molecule has 1 aromatic heterocycles. The summed E-state index contributed by atoms with van der Waals surface area (Å²) < 4.78 is 30.9. The molecule has 3 atom stereocenters. The summed E-state index contributed by atoms with van der Waals surface area (Å²) in [5.74, 6) is 0.346. The minimum Gasteiger partial charge on any atom is -0.389 e. The first kappa shape index (κ1) is 21.5. The Morgan fingerprint density at radius 3 is 2.69 bits per heavy atom. The van der Waals surface area contributed by atoms with Crippen LogP contribution in [0.25, 0.3) is 10.9 Å². The zero-order valence-corrected chi connectivity index (χ0v) is 18.0. The van der Waals surface area contributed by atoms with Gasteiger partial charge in [0.2, 0.25) is 5.95 Å². The molecule has 0 aliphatic carbocycles. The number of halogens is 3. The monoisotopic (exact) mass is 467 g/mol. The van der Waals surface area contributed by atoms with Gasteiger partial charge in [0, 0.05) is 44.0 Å². The van der Waals surface area contributed by atoms with Gasteiger partial charge in [0.1, 0.15) is 0 Å². The number of hydrogen-bond donors (Lipinski definition) is 2. The second-order valence-electron chi connectivity index (χ2n) is 8.17. The molecule has 0 saturated carbocycles. The average Bonchev–Trinajstić information content (AvgIpc) is 3.43. The van der Waals surface area contributed by atoms with E-state index in [9.17, 15) is 13.9 Å². The summed E-state index contributed by atoms with van der Waals surface area (Å²) in [4.78, 5) is 13.3. The van der Waals surface area contributed by atoms with Crippen LogP contribution < -0.4 is 10.2 Å². The van der Waals surface area contributed by atoms with Gasteiger partial charge in [0.25, 0.3) is 0 Å². The Labute approximate surface area is 188 Å². The van der Waals surface area contributed by atoms with E-state index in [0.717, 1.165) is 37.3 Å². The van der Waals surface area contributed by atoms with Gasteiger partial charge in [-0.3, -0.25) is 4.90 Å². The lowest BCUT2D eigenvalue weighted by molar-refractivity contribution is -0.0188. The maximum absolute atomic E-state index is 12.8. The molecule has 0 spiro atoms. The Hall–Kier alpha value is -2.34. The summed E-state index contributed by atoms with van der Waals surface area (Å²) in [6.07, 6.45) is 2.65. The van der Waals surface area contributed by atoms with Crippen molar-refractivity contribution in [3.05, 3.63) is 23.4 Å². The molecule has 5 rings (SSSR count). The molecule has 172 valence electrons. The number of fused-ring (bicyclic) bond motifs is 1. The average molecular weight is 468 g/mol. The summed E-state index contributed by atoms with van der Waals surface area (Å²) in [7, 11) is 0. The van der Waals surface area contributed by atoms with E-state index in [1.165, 1.54) is 6.21 Å². The van der Waals surface area contributed by atoms with Crippen molar-refractivity contribution in [1.82, 2.24) is 19.9 Å². The SMILES string of the molecule is OC1COCC1N1CCN(c2cc3nc(NC4C=NN(C(F)F)C4)ncc3cc2Cl)CC1. The molecule has 2 aromatic rings. The van der Waals surface area contributed by atoms with Crippen LogP contribution in [0.1, 0.15) is 0 Å². The van der Waals surface area contributed by atoms with Crippen LogP contribution in [0.3, 0.4) is 0 Å². The Morgan fingerprint density at radius 1 is 1.19 bits per heavy atom. The van der Waals surface area contributed by atoms with Crippen molar-refractivity contribution >= 4 is 40.4 Å². The predicted octanol–water partition coefficient (Wildman–Crippen LogP) is 1.47. The highest BCUT2D eigenvalue weighted by Gasteiger charge is 2.33. The van der Waals surface area contributed by atoms with Crippen LogP contribution in [0.5, 0.6) is 0 Å². The van der Waals surface area contributed by atoms with E-state index >= 15 is 0 Å². The number of anilines is 2. The van der Waals surface area contributed by atoms with E-state index in [-0.39, 0.29) is 12.6 Å². The fraction of sp³-hybridized carbons (Fsp3) is 0.550. The lowest BCUT2D eigenvalue weighted by Crippen LogP contribution is -2.53. The fourth-order valence-electron chi connectivity index (χ4n) is 4.37. The third-order valence-corrected chi connectivity index (χ3v) is 6.41. The normalized spacial score (nSPS) is 26.6. The van der Waals surface area contributed by atoms with E-state index in [2.05, 4.69) is 30.2 Å². The Kier molecular flexibility index (Phi) is 5.97. The molecule has 4 heterocycles. The van der Waals surface area contributed by atoms with Crippen molar-refractivity contribution in [2.45, 2.75) is 24.7 Å². The minimum atomic E-state index is -2.63. The number of hydrazone groups is 1. The molecule has 2 N–H and O–H groups in total. The summed E-state index contributed by atoms with van der Waals surface area (Å²) in [5, 5.41) is 18.9. The maximum atomic E-state index is 12.8. The molecule has 3 aliphatic heterocycles. The molecule has 9 nitrogen and oxygen atoms in total. The van der Waals surface area contributed by atoms with Gasteiger partial charge in [-0.1, -0.05) is 11.6 Å². The smallest absolute Gasteiger partial charge is 0.329 e. The topological polar surface area (TPSA) is 89.3 Å². The number of aromatic nitrogens is 2. The molecular weight excluding hydrogens is 444 g/mol. The second-order valence-corrected chi connectivity index (χ2v) is 8.57. The maximum Gasteiger partial charge on any atom is 0.329 e. The number of hydrogen-bond acceptors (Lipinski definition) is 9. The zero-order valence-electron chi connectivity index (χ0n) is 17.2. The van der Waals surface area contributed by atoms with Gasteiger partial charge < -0.3 is 20.1 Å². The molecule has 3 aliphatic rings. The fourth-order valence-corrected chi connectivity index (χ4v) is 4.66. The number of aliphatic hydroxyl groups excluding tert-OH is 1. The number of nitrogens with zero attached hydrogens (tertiary/aromatic N) is 6. The number of nitrogens with one attached hydrogen (secondary N) is 1. The van der Waals surface area contributed by atoms with Crippen LogP contribution in [0.15, 0.2) is 23.4 Å².